The lowest BCUT2D eigenvalue weighted by molar-refractivity contribution is 0.158. The lowest BCUT2D eigenvalue weighted by Gasteiger charge is -2.30. The number of phenolic OH excluding ortho intramolecular Hbond substituents is 3. The molecule has 1 aliphatic heterocycles. The van der Waals surface area contributed by atoms with Crippen LogP contribution < -0.4 is 4.74 Å². The van der Waals surface area contributed by atoms with Crippen LogP contribution in [0.1, 0.15) is 108 Å². The normalized spacial score (nSPS) is 19.4. The lowest BCUT2D eigenvalue weighted by Crippen LogP contribution is -2.27. The highest BCUT2D eigenvalue weighted by Crippen LogP contribution is 2.50. The number of ether oxygens (including phenoxy) is 1. The third-order valence-corrected chi connectivity index (χ3v) is 7.48. The summed E-state index contributed by atoms with van der Waals surface area (Å²) in [5, 5.41) is 33.4. The molecule has 5 rings (SSSR count). The van der Waals surface area contributed by atoms with Gasteiger partial charge in [0.15, 0.2) is 0 Å². The maximum Gasteiger partial charge on any atom is 0.134 e. The second kappa shape index (κ2) is 11.4. The van der Waals surface area contributed by atoms with E-state index in [0.717, 1.165) is 43.2 Å². The Morgan fingerprint density at radius 2 is 1.17 bits per heavy atom. The fourth-order valence-electron chi connectivity index (χ4n) is 5.52. The zero-order valence-electron chi connectivity index (χ0n) is 21.5. The smallest absolute Gasteiger partial charge is 0.134 e. The molecule has 0 saturated carbocycles. The fourth-order valence-corrected chi connectivity index (χ4v) is 5.52. The summed E-state index contributed by atoms with van der Waals surface area (Å²) in [7, 11) is 0. The Hall–Kier alpha value is -2.62. The van der Waals surface area contributed by atoms with Gasteiger partial charge in [-0.25, -0.2) is 0 Å². The number of aryl methyl sites for hydroxylation is 2. The maximum absolute atomic E-state index is 11.4. The monoisotopic (exact) mass is 478 g/mol. The third-order valence-electron chi connectivity index (χ3n) is 7.48. The van der Waals surface area contributed by atoms with Crippen LogP contribution in [0.25, 0.3) is 17.2 Å². The summed E-state index contributed by atoms with van der Waals surface area (Å²) in [4.78, 5) is 0. The molecule has 0 radical (unpaired) electrons. The second-order valence-electron chi connectivity index (χ2n) is 11.0. The Morgan fingerprint density at radius 3 is 1.74 bits per heavy atom. The van der Waals surface area contributed by atoms with Crippen molar-refractivity contribution in [2.75, 3.05) is 0 Å². The van der Waals surface area contributed by atoms with Crippen molar-refractivity contribution in [2.45, 2.75) is 109 Å². The zero-order valence-corrected chi connectivity index (χ0v) is 21.5. The molecule has 4 heteroatoms. The van der Waals surface area contributed by atoms with Crippen molar-refractivity contribution in [2.24, 2.45) is 0 Å². The Morgan fingerprint density at radius 1 is 0.657 bits per heavy atom. The van der Waals surface area contributed by atoms with Crippen molar-refractivity contribution in [1.29, 1.82) is 0 Å². The average molecular weight is 479 g/mol. The summed E-state index contributed by atoms with van der Waals surface area (Å²) in [6, 6.07) is 5.51. The molecule has 0 aromatic heterocycles. The molecule has 2 bridgehead atoms. The van der Waals surface area contributed by atoms with Crippen LogP contribution in [0.5, 0.6) is 23.0 Å². The Bertz CT molecular complexity index is 1030. The fraction of sp³-hybridized carbons (Fsp3) is 0.548. The molecule has 3 aliphatic rings. The molecule has 0 unspecified atom stereocenters. The minimum Gasteiger partial charge on any atom is -0.507 e. The summed E-state index contributed by atoms with van der Waals surface area (Å²) >= 11 is 0. The van der Waals surface area contributed by atoms with Crippen molar-refractivity contribution in [3.8, 4) is 34.1 Å². The number of benzene rings is 2. The number of fused-ring (bicyclic) bond motifs is 16. The van der Waals surface area contributed by atoms with Gasteiger partial charge in [-0.15, -0.1) is 0 Å². The molecule has 0 amide bonds. The molecular weight excluding hydrogens is 436 g/mol. The minimum atomic E-state index is -0.452. The molecule has 1 heterocycles. The summed E-state index contributed by atoms with van der Waals surface area (Å²) in [5.41, 5.74) is 2.82. The first kappa shape index (κ1) is 25.5. The predicted molar refractivity (Wildman–Crippen MR) is 143 cm³/mol. The van der Waals surface area contributed by atoms with Gasteiger partial charge in [-0.3, -0.25) is 0 Å². The van der Waals surface area contributed by atoms with Crippen LogP contribution >= 0.6 is 0 Å². The molecule has 0 atom stereocenters. The van der Waals surface area contributed by atoms with Gasteiger partial charge in [0.05, 0.1) is 11.1 Å². The first-order valence-corrected chi connectivity index (χ1v) is 13.7. The predicted octanol–water partition coefficient (Wildman–Crippen LogP) is 8.43. The van der Waals surface area contributed by atoms with Crippen LogP contribution in [-0.2, 0) is 12.8 Å². The quantitative estimate of drug-likeness (QED) is 0.355. The van der Waals surface area contributed by atoms with Crippen LogP contribution in [0.4, 0.5) is 0 Å². The number of aromatic hydroxyl groups is 3. The van der Waals surface area contributed by atoms with Crippen molar-refractivity contribution < 1.29 is 20.1 Å². The van der Waals surface area contributed by atoms with E-state index in [4.69, 9.17) is 4.74 Å². The molecule has 3 N–H and O–H groups in total. The van der Waals surface area contributed by atoms with E-state index in [-0.39, 0.29) is 17.2 Å². The van der Waals surface area contributed by atoms with Gasteiger partial charge in [-0.1, -0.05) is 64.2 Å². The van der Waals surface area contributed by atoms with Crippen LogP contribution in [0, 0.1) is 0 Å². The summed E-state index contributed by atoms with van der Waals surface area (Å²) < 4.78 is 6.17. The number of phenols is 3. The van der Waals surface area contributed by atoms with Crippen LogP contribution in [0.2, 0.25) is 0 Å². The molecule has 0 fully saturated rings. The Labute approximate surface area is 210 Å². The topological polar surface area (TPSA) is 69.9 Å². The van der Waals surface area contributed by atoms with E-state index in [1.165, 1.54) is 57.8 Å². The molecule has 2 aromatic carbocycles. The van der Waals surface area contributed by atoms with E-state index in [0.29, 0.717) is 22.4 Å². The highest BCUT2D eigenvalue weighted by atomic mass is 16.5. The van der Waals surface area contributed by atoms with Gasteiger partial charge in [0.2, 0.25) is 0 Å². The van der Waals surface area contributed by atoms with Crippen molar-refractivity contribution >= 4 is 6.08 Å². The summed E-state index contributed by atoms with van der Waals surface area (Å²) in [6.07, 6.45) is 20.1. The molecule has 2 aromatic rings. The van der Waals surface area contributed by atoms with E-state index >= 15 is 0 Å². The molecule has 0 saturated heterocycles. The average Bonchev–Trinajstić information content (AvgIpc) is 2.79. The first-order valence-electron chi connectivity index (χ1n) is 13.7. The SMILES string of the molecule is CC1(C)C=Cc2c(cc3c(c2O)-c2c(O)cc(cc2O)CCCCCCCCCCCCCC3)O1. The highest BCUT2D eigenvalue weighted by Gasteiger charge is 2.28. The van der Waals surface area contributed by atoms with E-state index in [1.54, 1.807) is 12.1 Å². The number of hydrogen-bond acceptors (Lipinski definition) is 4. The number of hydrogen-bond donors (Lipinski definition) is 3. The molecule has 4 nitrogen and oxygen atoms in total. The third kappa shape index (κ3) is 6.34. The number of rotatable bonds is 0. The van der Waals surface area contributed by atoms with E-state index in [9.17, 15) is 15.3 Å². The van der Waals surface area contributed by atoms with Crippen LogP contribution in [-0.4, -0.2) is 20.9 Å². The van der Waals surface area contributed by atoms with Crippen molar-refractivity contribution in [3.63, 3.8) is 0 Å². The van der Waals surface area contributed by atoms with E-state index < -0.39 is 5.60 Å². The highest BCUT2D eigenvalue weighted by molar-refractivity contribution is 5.88. The van der Waals surface area contributed by atoms with Crippen LogP contribution in [0.15, 0.2) is 24.3 Å². The van der Waals surface area contributed by atoms with Crippen molar-refractivity contribution in [1.82, 2.24) is 0 Å². The minimum absolute atomic E-state index is 0.0203. The Balaban J connectivity index is 1.71. The van der Waals surface area contributed by atoms with Gasteiger partial charge in [0.1, 0.15) is 28.6 Å². The molecule has 2 aliphatic carbocycles. The largest absolute Gasteiger partial charge is 0.507 e. The standard InChI is InChI=1S/C31H42O4/c1-31(2)18-17-24-27(35-31)21-23-16-14-12-10-8-6-4-3-5-7-9-11-13-15-22-19-25(32)29(26(33)20-22)28(23)30(24)34/h17-21,32-34H,3-16H2,1-2H3. The van der Waals surface area contributed by atoms with E-state index in [1.807, 2.05) is 32.1 Å². The molecular formula is C31H42O4. The van der Waals surface area contributed by atoms with E-state index in [2.05, 4.69) is 0 Å². The van der Waals surface area contributed by atoms with Gasteiger partial charge in [-0.2, -0.15) is 0 Å². The van der Waals surface area contributed by atoms with Gasteiger partial charge >= 0.3 is 0 Å². The molecule has 190 valence electrons. The second-order valence-corrected chi connectivity index (χ2v) is 11.0. The Kier molecular flexibility index (Phi) is 8.30. The van der Waals surface area contributed by atoms with Gasteiger partial charge in [0.25, 0.3) is 0 Å². The maximum atomic E-state index is 11.4. The van der Waals surface area contributed by atoms with Crippen LogP contribution in [0.3, 0.4) is 0 Å². The summed E-state index contributed by atoms with van der Waals surface area (Å²) in [6.45, 7) is 3.99. The van der Waals surface area contributed by atoms with Crippen molar-refractivity contribution in [3.05, 3.63) is 41.0 Å². The lowest BCUT2D eigenvalue weighted by atomic mass is 9.88. The van der Waals surface area contributed by atoms with Gasteiger partial charge < -0.3 is 20.1 Å². The molecule has 35 heavy (non-hydrogen) atoms. The molecule has 0 spiro atoms. The van der Waals surface area contributed by atoms with Gasteiger partial charge in [0, 0.05) is 5.56 Å². The summed E-state index contributed by atoms with van der Waals surface area (Å²) in [5.74, 6) is 0.752. The first-order chi connectivity index (χ1) is 16.9. The van der Waals surface area contributed by atoms with Gasteiger partial charge in [-0.05, 0) is 81.0 Å². The zero-order chi connectivity index (χ0) is 24.8.